The number of amides is 1. The molecule has 78 heavy (non-hydrogen) atoms. The fraction of sp³-hybridized carbons (Fsp3) is 0.754. The first-order valence-corrected chi connectivity index (χ1v) is 32.5. The first-order valence-electron chi connectivity index (χ1n) is 32.5. The standard InChI is InChI=1S/C69H121NO8/c1-3-5-7-9-11-13-15-17-19-21-23-24-25-26-27-28-29-30-31-32-33-34-35-36-37-38-39-40-41-43-45-47-49-51-53-55-57-59-65(73)70-62(61-77-69-68(76)67(75)66(74)64(60-71)78-69)63(72)58-56-54-52-50-48-46-44-42-22-20-18-16-14-12-10-8-6-4-2/h5,7,11,13,17,19,23-24,26-27,29-30,32-33,56,58,62-64,66-69,71-72,74-76H,3-4,6,8-10,12,14-16,18,20-22,25,28,31,34-55,57,59-61H2,1-2H3,(H,70,73)/b7-5-,13-11-,19-17-,24-23-,27-26-,30-29-,33-32-,58-56+. The van der Waals surface area contributed by atoms with E-state index >= 15 is 0 Å². The molecule has 7 unspecified atom stereocenters. The molecule has 0 aromatic rings. The van der Waals surface area contributed by atoms with Gasteiger partial charge in [0.25, 0.3) is 0 Å². The molecule has 1 fully saturated rings. The van der Waals surface area contributed by atoms with E-state index in [1.165, 1.54) is 173 Å². The Morgan fingerprint density at radius 3 is 1.18 bits per heavy atom. The van der Waals surface area contributed by atoms with Gasteiger partial charge in [0.05, 0.1) is 25.4 Å². The lowest BCUT2D eigenvalue weighted by Crippen LogP contribution is -2.60. The van der Waals surface area contributed by atoms with Gasteiger partial charge in [-0.05, 0) is 77.0 Å². The molecule has 1 aliphatic heterocycles. The minimum absolute atomic E-state index is 0.178. The van der Waals surface area contributed by atoms with Crippen molar-refractivity contribution in [1.82, 2.24) is 5.32 Å². The molecule has 1 aliphatic rings. The lowest BCUT2D eigenvalue weighted by molar-refractivity contribution is -0.302. The number of nitrogens with one attached hydrogen (secondary N) is 1. The molecule has 0 spiro atoms. The summed E-state index contributed by atoms with van der Waals surface area (Å²) in [4.78, 5) is 13.1. The second kappa shape index (κ2) is 57.3. The van der Waals surface area contributed by atoms with Gasteiger partial charge in [0.1, 0.15) is 24.4 Å². The molecule has 9 nitrogen and oxygen atoms in total. The van der Waals surface area contributed by atoms with Crippen molar-refractivity contribution in [2.45, 2.75) is 320 Å². The Hall–Kier alpha value is -2.89. The third-order valence-corrected chi connectivity index (χ3v) is 14.9. The van der Waals surface area contributed by atoms with Crippen LogP contribution in [0.2, 0.25) is 0 Å². The Morgan fingerprint density at radius 1 is 0.449 bits per heavy atom. The van der Waals surface area contributed by atoms with Crippen molar-refractivity contribution < 1.29 is 39.8 Å². The monoisotopic (exact) mass is 1090 g/mol. The van der Waals surface area contributed by atoms with Crippen LogP contribution < -0.4 is 5.32 Å². The van der Waals surface area contributed by atoms with Crippen LogP contribution in [0.3, 0.4) is 0 Å². The van der Waals surface area contributed by atoms with Crippen LogP contribution in [0, 0.1) is 0 Å². The molecule has 9 heteroatoms. The van der Waals surface area contributed by atoms with Gasteiger partial charge < -0.3 is 40.3 Å². The fourth-order valence-electron chi connectivity index (χ4n) is 9.84. The molecule has 1 amide bonds. The molecule has 7 atom stereocenters. The third kappa shape index (κ3) is 45.8. The number of allylic oxidation sites excluding steroid dienone is 15. The molecular formula is C69H121NO8. The van der Waals surface area contributed by atoms with Gasteiger partial charge >= 0.3 is 0 Å². The summed E-state index contributed by atoms with van der Waals surface area (Å²) in [5, 5.41) is 54.6. The van der Waals surface area contributed by atoms with Crippen molar-refractivity contribution in [1.29, 1.82) is 0 Å². The Kier molecular flexibility index (Phi) is 53.8. The normalized spacial score (nSPS) is 19.3. The minimum atomic E-state index is -1.57. The Bertz CT molecular complexity index is 1550. The van der Waals surface area contributed by atoms with E-state index in [9.17, 15) is 30.3 Å². The molecule has 0 aromatic heterocycles. The number of carbonyl (C=O) groups excluding carboxylic acids is 1. The van der Waals surface area contributed by atoms with Gasteiger partial charge in [-0.1, -0.05) is 291 Å². The summed E-state index contributed by atoms with van der Waals surface area (Å²) in [6.45, 7) is 3.68. The molecule has 6 N–H and O–H groups in total. The summed E-state index contributed by atoms with van der Waals surface area (Å²) in [6, 6.07) is -0.810. The van der Waals surface area contributed by atoms with Gasteiger partial charge in [-0.3, -0.25) is 4.79 Å². The van der Waals surface area contributed by atoms with Crippen LogP contribution >= 0.6 is 0 Å². The van der Waals surface area contributed by atoms with Gasteiger partial charge in [-0.15, -0.1) is 0 Å². The van der Waals surface area contributed by atoms with Crippen LogP contribution in [0.15, 0.2) is 97.2 Å². The van der Waals surface area contributed by atoms with Crippen molar-refractivity contribution in [3.05, 3.63) is 97.2 Å². The van der Waals surface area contributed by atoms with E-state index in [2.05, 4.69) is 104 Å². The smallest absolute Gasteiger partial charge is 0.220 e. The van der Waals surface area contributed by atoms with Gasteiger partial charge in [-0.25, -0.2) is 0 Å². The summed E-state index contributed by atoms with van der Waals surface area (Å²) >= 11 is 0. The third-order valence-electron chi connectivity index (χ3n) is 14.9. The summed E-state index contributed by atoms with van der Waals surface area (Å²) in [5.74, 6) is -0.178. The first-order chi connectivity index (χ1) is 38.3. The molecule has 450 valence electrons. The number of hydrogen-bond donors (Lipinski definition) is 6. The number of unbranched alkanes of at least 4 members (excludes halogenated alkanes) is 31. The van der Waals surface area contributed by atoms with Gasteiger partial charge in [-0.2, -0.15) is 0 Å². The number of hydrogen-bond acceptors (Lipinski definition) is 8. The summed E-state index contributed by atoms with van der Waals surface area (Å²) in [7, 11) is 0. The van der Waals surface area contributed by atoms with Crippen molar-refractivity contribution in [3.8, 4) is 0 Å². The van der Waals surface area contributed by atoms with Gasteiger partial charge in [0, 0.05) is 6.42 Å². The second-order valence-corrected chi connectivity index (χ2v) is 22.2. The highest BCUT2D eigenvalue weighted by Crippen LogP contribution is 2.23. The predicted octanol–water partition coefficient (Wildman–Crippen LogP) is 17.1. The maximum atomic E-state index is 13.1. The molecule has 1 heterocycles. The Balaban J connectivity index is 2.13. The van der Waals surface area contributed by atoms with E-state index in [0.29, 0.717) is 6.42 Å². The zero-order chi connectivity index (χ0) is 56.5. The van der Waals surface area contributed by atoms with Crippen LogP contribution in [0.1, 0.15) is 277 Å². The SMILES string of the molecule is CC/C=C\C/C=C\C/C=C\C/C=C\C/C=C\C/C=C\C/C=C\CCCCCCCCCCCCCCCCCC(=O)NC(COC1OC(CO)C(O)C(O)C1O)C(O)/C=C/CCCCCCCCCCCCCCCCCC. The number of aliphatic hydroxyl groups is 5. The zero-order valence-electron chi connectivity index (χ0n) is 50.1. The molecule has 0 aromatic carbocycles. The Morgan fingerprint density at radius 2 is 0.795 bits per heavy atom. The molecule has 1 rings (SSSR count). The van der Waals surface area contributed by atoms with Crippen LogP contribution in [0.4, 0.5) is 0 Å². The first kappa shape index (κ1) is 73.1. The highest BCUT2D eigenvalue weighted by Gasteiger charge is 2.44. The lowest BCUT2D eigenvalue weighted by Gasteiger charge is -2.40. The van der Waals surface area contributed by atoms with Crippen molar-refractivity contribution >= 4 is 5.91 Å². The number of rotatable bonds is 55. The van der Waals surface area contributed by atoms with Crippen molar-refractivity contribution in [3.63, 3.8) is 0 Å². The second-order valence-electron chi connectivity index (χ2n) is 22.2. The van der Waals surface area contributed by atoms with E-state index in [-0.39, 0.29) is 12.5 Å². The predicted molar refractivity (Wildman–Crippen MR) is 331 cm³/mol. The topological polar surface area (TPSA) is 149 Å². The maximum Gasteiger partial charge on any atom is 0.220 e. The van der Waals surface area contributed by atoms with Crippen molar-refractivity contribution in [2.24, 2.45) is 0 Å². The van der Waals surface area contributed by atoms with Crippen LogP contribution in [0.25, 0.3) is 0 Å². The lowest BCUT2D eigenvalue weighted by atomic mass is 9.99. The quantitative estimate of drug-likeness (QED) is 0.0261. The van der Waals surface area contributed by atoms with Gasteiger partial charge in [0.15, 0.2) is 6.29 Å². The Labute approximate surface area is 479 Å². The number of aliphatic hydroxyl groups excluding tert-OH is 5. The van der Waals surface area contributed by atoms with E-state index in [0.717, 1.165) is 83.5 Å². The number of carbonyl (C=O) groups is 1. The van der Waals surface area contributed by atoms with Crippen LogP contribution in [-0.2, 0) is 14.3 Å². The molecular weight excluding hydrogens is 971 g/mol. The van der Waals surface area contributed by atoms with E-state index < -0.39 is 49.5 Å². The highest BCUT2D eigenvalue weighted by molar-refractivity contribution is 5.76. The van der Waals surface area contributed by atoms with Crippen molar-refractivity contribution in [2.75, 3.05) is 13.2 Å². The largest absolute Gasteiger partial charge is 0.394 e. The molecule has 0 saturated carbocycles. The molecule has 1 saturated heterocycles. The summed E-state index contributed by atoms with van der Waals surface area (Å²) in [6.07, 6.45) is 76.3. The maximum absolute atomic E-state index is 13.1. The van der Waals surface area contributed by atoms with Gasteiger partial charge in [0.2, 0.25) is 5.91 Å². The van der Waals surface area contributed by atoms with E-state index in [1.54, 1.807) is 6.08 Å². The summed E-state index contributed by atoms with van der Waals surface area (Å²) < 4.78 is 11.3. The highest BCUT2D eigenvalue weighted by atomic mass is 16.7. The average molecular weight is 1090 g/mol. The number of ether oxygens (including phenoxy) is 2. The van der Waals surface area contributed by atoms with Crippen LogP contribution in [-0.4, -0.2) is 87.5 Å². The molecule has 0 bridgehead atoms. The molecule has 0 radical (unpaired) electrons. The van der Waals surface area contributed by atoms with Crippen LogP contribution in [0.5, 0.6) is 0 Å². The molecule has 0 aliphatic carbocycles. The minimum Gasteiger partial charge on any atom is -0.394 e. The van der Waals surface area contributed by atoms with E-state index in [4.69, 9.17) is 9.47 Å². The van der Waals surface area contributed by atoms with E-state index in [1.807, 2.05) is 6.08 Å². The zero-order valence-corrected chi connectivity index (χ0v) is 50.1. The average Bonchev–Trinajstić information content (AvgIpc) is 3.45. The fourth-order valence-corrected chi connectivity index (χ4v) is 9.84. The summed E-state index contributed by atoms with van der Waals surface area (Å²) in [5.41, 5.74) is 0.